The Labute approximate surface area is 141 Å². The molecule has 2 aromatic heterocycles. The van der Waals surface area contributed by atoms with Crippen LogP contribution in [-0.2, 0) is 4.74 Å². The van der Waals surface area contributed by atoms with Gasteiger partial charge in [-0.2, -0.15) is 0 Å². The number of halogens is 1. The number of fused-ring (bicyclic) bond motifs is 1. The highest BCUT2D eigenvalue weighted by molar-refractivity contribution is 9.10. The van der Waals surface area contributed by atoms with Gasteiger partial charge in [-0.15, -0.1) is 0 Å². The molecular formula is C14H17BrN4O2S. The van der Waals surface area contributed by atoms with Crippen LogP contribution in [0.2, 0.25) is 0 Å². The second-order valence-electron chi connectivity index (χ2n) is 5.59. The zero-order valence-electron chi connectivity index (χ0n) is 13.0. The summed E-state index contributed by atoms with van der Waals surface area (Å²) >= 11 is 4.88. The number of rotatable bonds is 2. The molecule has 0 bridgehead atoms. The van der Waals surface area contributed by atoms with Gasteiger partial charge in [-0.05, 0) is 43.0 Å². The van der Waals surface area contributed by atoms with E-state index in [0.29, 0.717) is 21.9 Å². The van der Waals surface area contributed by atoms with E-state index in [1.165, 1.54) is 16.7 Å². The lowest BCUT2D eigenvalue weighted by molar-refractivity contribution is 0.0588. The molecule has 118 valence electrons. The zero-order valence-corrected chi connectivity index (χ0v) is 15.4. The van der Waals surface area contributed by atoms with Gasteiger partial charge in [0.1, 0.15) is 11.4 Å². The molecule has 2 heterocycles. The summed E-state index contributed by atoms with van der Waals surface area (Å²) in [5.74, 6) is 0.458. The summed E-state index contributed by atoms with van der Waals surface area (Å²) < 4.78 is 6.12. The summed E-state index contributed by atoms with van der Waals surface area (Å²) in [4.78, 5) is 26.6. The molecule has 0 aliphatic carbocycles. The lowest BCUT2D eigenvalue weighted by Gasteiger charge is -2.24. The standard InChI is InChI=1S/C14H17BrN4O2S/c1-14(2,3)21-13(20)19(4)11-8-6-17-12(22-5)18-10(8)9(15)7-16-11/h6-7H,1-5H3. The number of ether oxygens (including phenoxy) is 1. The second kappa shape index (κ2) is 6.37. The summed E-state index contributed by atoms with van der Waals surface area (Å²) in [5, 5.41) is 1.34. The average Bonchev–Trinajstić information content (AvgIpc) is 2.45. The van der Waals surface area contributed by atoms with Crippen molar-refractivity contribution in [3.05, 3.63) is 16.9 Å². The maximum atomic E-state index is 12.2. The molecule has 0 aromatic carbocycles. The van der Waals surface area contributed by atoms with Crippen molar-refractivity contribution in [1.29, 1.82) is 0 Å². The Morgan fingerprint density at radius 2 is 2.00 bits per heavy atom. The van der Waals surface area contributed by atoms with E-state index in [4.69, 9.17) is 4.74 Å². The van der Waals surface area contributed by atoms with E-state index >= 15 is 0 Å². The maximum absolute atomic E-state index is 12.2. The highest BCUT2D eigenvalue weighted by atomic mass is 79.9. The normalized spacial score (nSPS) is 11.5. The molecule has 0 N–H and O–H groups in total. The fraction of sp³-hybridized carbons (Fsp3) is 0.429. The fourth-order valence-corrected chi connectivity index (χ4v) is 2.49. The smallest absolute Gasteiger partial charge is 0.415 e. The molecule has 0 atom stereocenters. The van der Waals surface area contributed by atoms with Crippen LogP contribution in [-0.4, -0.2) is 39.9 Å². The number of pyridine rings is 1. The van der Waals surface area contributed by atoms with Gasteiger partial charge in [0.05, 0.1) is 15.4 Å². The summed E-state index contributed by atoms with van der Waals surface area (Å²) in [5.41, 5.74) is 0.138. The Balaban J connectivity index is 2.47. The van der Waals surface area contributed by atoms with Gasteiger partial charge in [0.15, 0.2) is 5.16 Å². The van der Waals surface area contributed by atoms with Crippen LogP contribution in [0.4, 0.5) is 10.6 Å². The molecule has 1 amide bonds. The SMILES string of the molecule is CSc1ncc2c(N(C)C(=O)OC(C)(C)C)ncc(Br)c2n1. The van der Waals surface area contributed by atoms with Crippen molar-refractivity contribution in [2.75, 3.05) is 18.2 Å². The van der Waals surface area contributed by atoms with Crippen molar-refractivity contribution in [1.82, 2.24) is 15.0 Å². The van der Waals surface area contributed by atoms with Gasteiger partial charge in [-0.25, -0.2) is 19.7 Å². The third-order valence-electron chi connectivity index (χ3n) is 2.70. The van der Waals surface area contributed by atoms with Crippen molar-refractivity contribution < 1.29 is 9.53 Å². The van der Waals surface area contributed by atoms with Gasteiger partial charge in [0.2, 0.25) is 0 Å². The molecule has 0 radical (unpaired) electrons. The van der Waals surface area contributed by atoms with E-state index in [0.717, 1.165) is 4.47 Å². The number of carbonyl (C=O) groups excluding carboxylic acids is 1. The lowest BCUT2D eigenvalue weighted by atomic mass is 10.2. The Kier molecular flexibility index (Phi) is 4.91. The van der Waals surface area contributed by atoms with Crippen molar-refractivity contribution >= 4 is 50.5 Å². The number of nitrogens with zero attached hydrogens (tertiary/aromatic N) is 4. The van der Waals surface area contributed by atoms with Crippen LogP contribution in [0.5, 0.6) is 0 Å². The number of amides is 1. The van der Waals surface area contributed by atoms with Crippen LogP contribution in [0.1, 0.15) is 20.8 Å². The Morgan fingerprint density at radius 3 is 2.59 bits per heavy atom. The second-order valence-corrected chi connectivity index (χ2v) is 7.22. The van der Waals surface area contributed by atoms with Gasteiger partial charge in [-0.1, -0.05) is 11.8 Å². The van der Waals surface area contributed by atoms with E-state index in [2.05, 4.69) is 30.9 Å². The minimum atomic E-state index is -0.570. The van der Waals surface area contributed by atoms with Crippen LogP contribution in [0.3, 0.4) is 0 Å². The van der Waals surface area contributed by atoms with Crippen molar-refractivity contribution in [3.8, 4) is 0 Å². The van der Waals surface area contributed by atoms with E-state index in [-0.39, 0.29) is 0 Å². The number of thioether (sulfide) groups is 1. The van der Waals surface area contributed by atoms with E-state index in [1.54, 1.807) is 19.4 Å². The van der Waals surface area contributed by atoms with Gasteiger partial charge < -0.3 is 4.74 Å². The molecular weight excluding hydrogens is 368 g/mol. The molecule has 6 nitrogen and oxygen atoms in total. The predicted molar refractivity (Wildman–Crippen MR) is 91.5 cm³/mol. The van der Waals surface area contributed by atoms with Crippen molar-refractivity contribution in [2.45, 2.75) is 31.5 Å². The number of aromatic nitrogens is 3. The van der Waals surface area contributed by atoms with Crippen LogP contribution in [0.25, 0.3) is 10.9 Å². The highest BCUT2D eigenvalue weighted by Gasteiger charge is 2.23. The number of hydrogen-bond acceptors (Lipinski definition) is 6. The molecule has 2 aromatic rings. The predicted octanol–water partition coefficient (Wildman–Crippen LogP) is 3.88. The first kappa shape index (κ1) is 17.0. The van der Waals surface area contributed by atoms with Gasteiger partial charge in [0.25, 0.3) is 0 Å². The van der Waals surface area contributed by atoms with Crippen molar-refractivity contribution in [2.24, 2.45) is 0 Å². The van der Waals surface area contributed by atoms with Crippen molar-refractivity contribution in [3.63, 3.8) is 0 Å². The molecule has 0 spiro atoms. The molecule has 0 unspecified atom stereocenters. The molecule has 22 heavy (non-hydrogen) atoms. The molecule has 0 aliphatic rings. The van der Waals surface area contributed by atoms with E-state index < -0.39 is 11.7 Å². The van der Waals surface area contributed by atoms with Crippen LogP contribution >= 0.6 is 27.7 Å². The number of carbonyl (C=O) groups is 1. The maximum Gasteiger partial charge on any atom is 0.415 e. The average molecular weight is 385 g/mol. The number of hydrogen-bond donors (Lipinski definition) is 0. The molecule has 2 rings (SSSR count). The first-order chi connectivity index (χ1) is 10.2. The monoisotopic (exact) mass is 384 g/mol. The van der Waals surface area contributed by atoms with Crippen LogP contribution < -0.4 is 4.90 Å². The third kappa shape index (κ3) is 3.67. The summed E-state index contributed by atoms with van der Waals surface area (Å²) in [6.07, 6.45) is 4.72. The van der Waals surface area contributed by atoms with Gasteiger partial charge in [-0.3, -0.25) is 4.90 Å². The Bertz CT molecular complexity index is 718. The summed E-state index contributed by atoms with van der Waals surface area (Å²) in [6.45, 7) is 5.46. The minimum Gasteiger partial charge on any atom is -0.443 e. The largest absolute Gasteiger partial charge is 0.443 e. The molecule has 0 fully saturated rings. The number of anilines is 1. The fourth-order valence-electron chi connectivity index (χ4n) is 1.74. The minimum absolute atomic E-state index is 0.458. The van der Waals surface area contributed by atoms with Crippen LogP contribution in [0.15, 0.2) is 22.0 Å². The van der Waals surface area contributed by atoms with E-state index in [1.807, 2.05) is 27.0 Å². The summed E-state index contributed by atoms with van der Waals surface area (Å²) in [6, 6.07) is 0. The molecule has 0 saturated carbocycles. The van der Waals surface area contributed by atoms with Gasteiger partial charge >= 0.3 is 6.09 Å². The quantitative estimate of drug-likeness (QED) is 0.577. The lowest BCUT2D eigenvalue weighted by Crippen LogP contribution is -2.34. The Hall–Kier alpha value is -1.41. The first-order valence-corrected chi connectivity index (χ1v) is 8.56. The molecule has 8 heteroatoms. The third-order valence-corrected chi connectivity index (χ3v) is 3.84. The van der Waals surface area contributed by atoms with E-state index in [9.17, 15) is 4.79 Å². The van der Waals surface area contributed by atoms with Crippen LogP contribution in [0, 0.1) is 0 Å². The first-order valence-electron chi connectivity index (χ1n) is 6.55. The summed E-state index contributed by atoms with van der Waals surface area (Å²) in [7, 11) is 1.62. The molecule has 0 aliphatic heterocycles. The van der Waals surface area contributed by atoms with Gasteiger partial charge in [0, 0.05) is 19.4 Å². The molecule has 0 saturated heterocycles. The highest BCUT2D eigenvalue weighted by Crippen LogP contribution is 2.29. The topological polar surface area (TPSA) is 68.2 Å². The zero-order chi connectivity index (χ0) is 16.5. The Morgan fingerprint density at radius 1 is 1.32 bits per heavy atom.